The predicted octanol–water partition coefficient (Wildman–Crippen LogP) is 0.983. The van der Waals surface area contributed by atoms with Crippen molar-refractivity contribution in [1.29, 1.82) is 0 Å². The average Bonchev–Trinajstić information content (AvgIpc) is 2.68. The molecule has 0 radical (unpaired) electrons. The Kier molecular flexibility index (Phi) is 5.68. The largest absolute Gasteiger partial charge is 0.329 e. The van der Waals surface area contributed by atoms with Crippen LogP contribution in [0.2, 0.25) is 0 Å². The van der Waals surface area contributed by atoms with Crippen molar-refractivity contribution in [1.82, 2.24) is 9.80 Å². The lowest BCUT2D eigenvalue weighted by atomic mass is 10.1. The zero-order valence-corrected chi connectivity index (χ0v) is 12.5. The Morgan fingerprint density at radius 1 is 1.20 bits per heavy atom. The standard InChI is InChI=1S/C14H19N3O2.ClH/c1-10(9-15)16(2)7-8-17-13(18)11-5-3-4-6-12(11)14(17)19;/h3-6,10H,7-9,15H2,1-2H3;1H. The molecule has 1 heterocycles. The van der Waals surface area contributed by atoms with Gasteiger partial charge in [-0.3, -0.25) is 14.5 Å². The van der Waals surface area contributed by atoms with Crippen LogP contribution >= 0.6 is 12.4 Å². The number of carbonyl (C=O) groups excluding carboxylic acids is 2. The van der Waals surface area contributed by atoms with Gasteiger partial charge in [-0.25, -0.2) is 0 Å². The lowest BCUT2D eigenvalue weighted by Gasteiger charge is -2.25. The molecule has 2 N–H and O–H groups in total. The van der Waals surface area contributed by atoms with Crippen molar-refractivity contribution in [3.05, 3.63) is 35.4 Å². The maximum absolute atomic E-state index is 12.1. The number of likely N-dealkylation sites (N-methyl/N-ethyl adjacent to an activating group) is 1. The van der Waals surface area contributed by atoms with E-state index in [1.54, 1.807) is 24.3 Å². The fourth-order valence-corrected chi connectivity index (χ4v) is 2.10. The number of imide groups is 1. The van der Waals surface area contributed by atoms with Crippen LogP contribution < -0.4 is 5.73 Å². The van der Waals surface area contributed by atoms with Gasteiger partial charge in [-0.1, -0.05) is 12.1 Å². The molecule has 1 atom stereocenters. The van der Waals surface area contributed by atoms with Crippen molar-refractivity contribution < 1.29 is 9.59 Å². The number of carbonyl (C=O) groups is 2. The third-order valence-electron chi connectivity index (χ3n) is 3.65. The number of hydrogen-bond donors (Lipinski definition) is 1. The normalized spacial score (nSPS) is 15.3. The first-order chi connectivity index (χ1) is 9.06. The molecule has 20 heavy (non-hydrogen) atoms. The summed E-state index contributed by atoms with van der Waals surface area (Å²) in [4.78, 5) is 27.6. The molecular formula is C14H20ClN3O2. The lowest BCUT2D eigenvalue weighted by molar-refractivity contribution is 0.0635. The Morgan fingerprint density at radius 3 is 2.15 bits per heavy atom. The van der Waals surface area contributed by atoms with E-state index in [1.165, 1.54) is 4.90 Å². The van der Waals surface area contributed by atoms with Gasteiger partial charge in [-0.2, -0.15) is 0 Å². The van der Waals surface area contributed by atoms with Crippen molar-refractivity contribution >= 4 is 24.2 Å². The number of benzene rings is 1. The van der Waals surface area contributed by atoms with E-state index in [1.807, 2.05) is 18.9 Å². The molecule has 1 unspecified atom stereocenters. The SMILES string of the molecule is CC(CN)N(C)CCN1C(=O)c2ccccc2C1=O.Cl. The Bertz CT molecular complexity index is 472. The van der Waals surface area contributed by atoms with Crippen LogP contribution in [-0.2, 0) is 0 Å². The molecule has 5 nitrogen and oxygen atoms in total. The summed E-state index contributed by atoms with van der Waals surface area (Å²) in [5, 5.41) is 0. The highest BCUT2D eigenvalue weighted by Gasteiger charge is 2.34. The summed E-state index contributed by atoms with van der Waals surface area (Å²) >= 11 is 0. The predicted molar refractivity (Wildman–Crippen MR) is 80.2 cm³/mol. The summed E-state index contributed by atoms with van der Waals surface area (Å²) in [5.41, 5.74) is 6.59. The van der Waals surface area contributed by atoms with E-state index in [2.05, 4.69) is 0 Å². The monoisotopic (exact) mass is 297 g/mol. The summed E-state index contributed by atoms with van der Waals surface area (Å²) in [6.07, 6.45) is 0. The number of amides is 2. The Labute approximate surface area is 125 Å². The van der Waals surface area contributed by atoms with E-state index in [0.717, 1.165) is 0 Å². The van der Waals surface area contributed by atoms with Crippen molar-refractivity contribution in [3.8, 4) is 0 Å². The Hall–Kier alpha value is -1.43. The van der Waals surface area contributed by atoms with Gasteiger partial charge in [0.25, 0.3) is 11.8 Å². The van der Waals surface area contributed by atoms with E-state index in [0.29, 0.717) is 30.8 Å². The van der Waals surface area contributed by atoms with Crippen LogP contribution in [0.5, 0.6) is 0 Å². The summed E-state index contributed by atoms with van der Waals surface area (Å²) in [6.45, 7) is 3.60. The molecule has 0 aromatic heterocycles. The van der Waals surface area contributed by atoms with Crippen molar-refractivity contribution in [2.24, 2.45) is 5.73 Å². The first-order valence-corrected chi connectivity index (χ1v) is 6.41. The number of halogens is 1. The molecule has 0 fully saturated rings. The molecule has 2 amide bonds. The molecule has 0 spiro atoms. The zero-order valence-electron chi connectivity index (χ0n) is 11.7. The maximum atomic E-state index is 12.1. The first-order valence-electron chi connectivity index (χ1n) is 6.41. The van der Waals surface area contributed by atoms with Gasteiger partial charge in [-0.05, 0) is 26.1 Å². The van der Waals surface area contributed by atoms with Crippen LogP contribution in [0.4, 0.5) is 0 Å². The van der Waals surface area contributed by atoms with Gasteiger partial charge in [0.1, 0.15) is 0 Å². The summed E-state index contributed by atoms with van der Waals surface area (Å²) in [6, 6.07) is 7.17. The number of nitrogens with two attached hydrogens (primary N) is 1. The Balaban J connectivity index is 0.00000200. The van der Waals surface area contributed by atoms with E-state index in [9.17, 15) is 9.59 Å². The molecule has 1 aliphatic heterocycles. The number of fused-ring (bicyclic) bond motifs is 1. The number of hydrogen-bond acceptors (Lipinski definition) is 4. The maximum Gasteiger partial charge on any atom is 0.261 e. The van der Waals surface area contributed by atoms with Crippen molar-refractivity contribution in [2.75, 3.05) is 26.7 Å². The van der Waals surface area contributed by atoms with Gasteiger partial charge in [0.2, 0.25) is 0 Å². The molecule has 2 rings (SSSR count). The molecule has 1 aromatic carbocycles. The van der Waals surface area contributed by atoms with Crippen LogP contribution in [0.3, 0.4) is 0 Å². The summed E-state index contributed by atoms with van der Waals surface area (Å²) in [7, 11) is 1.94. The van der Waals surface area contributed by atoms with Crippen LogP contribution in [-0.4, -0.2) is 54.3 Å². The van der Waals surface area contributed by atoms with Gasteiger partial charge in [-0.15, -0.1) is 12.4 Å². The molecule has 110 valence electrons. The lowest BCUT2D eigenvalue weighted by Crippen LogP contribution is -2.42. The molecule has 0 aliphatic carbocycles. The quantitative estimate of drug-likeness (QED) is 0.823. The average molecular weight is 298 g/mol. The molecule has 0 saturated carbocycles. The minimum atomic E-state index is -0.200. The van der Waals surface area contributed by atoms with Crippen LogP contribution in [0, 0.1) is 0 Å². The van der Waals surface area contributed by atoms with Gasteiger partial charge < -0.3 is 10.6 Å². The third-order valence-corrected chi connectivity index (χ3v) is 3.65. The van der Waals surface area contributed by atoms with Crippen LogP contribution in [0.15, 0.2) is 24.3 Å². The fourth-order valence-electron chi connectivity index (χ4n) is 2.10. The van der Waals surface area contributed by atoms with E-state index >= 15 is 0 Å². The highest BCUT2D eigenvalue weighted by Crippen LogP contribution is 2.21. The minimum absolute atomic E-state index is 0. The molecule has 6 heteroatoms. The molecule has 1 aliphatic rings. The number of nitrogens with zero attached hydrogens (tertiary/aromatic N) is 2. The second-order valence-electron chi connectivity index (χ2n) is 4.87. The second-order valence-corrected chi connectivity index (χ2v) is 4.87. The van der Waals surface area contributed by atoms with Crippen molar-refractivity contribution in [2.45, 2.75) is 13.0 Å². The zero-order chi connectivity index (χ0) is 14.0. The molecular weight excluding hydrogens is 278 g/mol. The van der Waals surface area contributed by atoms with Crippen LogP contribution in [0.25, 0.3) is 0 Å². The third kappa shape index (κ3) is 3.00. The van der Waals surface area contributed by atoms with Gasteiger partial charge in [0.05, 0.1) is 11.1 Å². The highest BCUT2D eigenvalue weighted by molar-refractivity contribution is 6.21. The fraction of sp³-hybridized carbons (Fsp3) is 0.429. The van der Waals surface area contributed by atoms with Gasteiger partial charge in [0.15, 0.2) is 0 Å². The van der Waals surface area contributed by atoms with Crippen LogP contribution in [0.1, 0.15) is 27.6 Å². The van der Waals surface area contributed by atoms with E-state index in [-0.39, 0.29) is 30.3 Å². The Morgan fingerprint density at radius 2 is 1.70 bits per heavy atom. The summed E-state index contributed by atoms with van der Waals surface area (Å²) < 4.78 is 0. The van der Waals surface area contributed by atoms with E-state index < -0.39 is 0 Å². The topological polar surface area (TPSA) is 66.6 Å². The van der Waals surface area contributed by atoms with Gasteiger partial charge in [0, 0.05) is 25.7 Å². The van der Waals surface area contributed by atoms with Gasteiger partial charge >= 0.3 is 0 Å². The highest BCUT2D eigenvalue weighted by atomic mass is 35.5. The number of rotatable bonds is 5. The minimum Gasteiger partial charge on any atom is -0.329 e. The summed E-state index contributed by atoms with van der Waals surface area (Å²) in [5.74, 6) is -0.399. The van der Waals surface area contributed by atoms with Crippen molar-refractivity contribution in [3.63, 3.8) is 0 Å². The molecule has 0 saturated heterocycles. The molecule has 1 aromatic rings. The smallest absolute Gasteiger partial charge is 0.261 e. The second kappa shape index (κ2) is 6.83. The molecule has 0 bridgehead atoms. The van der Waals surface area contributed by atoms with E-state index in [4.69, 9.17) is 5.73 Å². The first kappa shape index (κ1) is 16.6.